The van der Waals surface area contributed by atoms with E-state index in [9.17, 15) is 19.8 Å². The van der Waals surface area contributed by atoms with Crippen LogP contribution >= 0.6 is 0 Å². The molecule has 1 saturated heterocycles. The molecular formula is C15H22N8O5. The van der Waals surface area contributed by atoms with E-state index in [-0.39, 0.29) is 26.1 Å². The Morgan fingerprint density at radius 2 is 2.14 bits per heavy atom. The Balaban J connectivity index is 1.62. The topological polar surface area (TPSA) is 200 Å². The van der Waals surface area contributed by atoms with Crippen LogP contribution in [0.2, 0.25) is 0 Å². The standard InChI is InChI=1S/C15H22N8O5/c16-2-10(26)17-3-11(27)22-7-1-8(25)15(28-9(7)4-24)23-14-12-13(19-5-18-12)20-6-21-14/h5-9,15,24-25H,1-4,16H2,(H,17,26)(H,22,27)(H2,18,19,20,21,23)/t7-,8+,9+,15+/m1/s1. The highest BCUT2D eigenvalue weighted by atomic mass is 16.5. The predicted octanol–water partition coefficient (Wildman–Crippen LogP) is -3.21. The summed E-state index contributed by atoms with van der Waals surface area (Å²) >= 11 is 0. The zero-order valence-corrected chi connectivity index (χ0v) is 14.8. The molecule has 13 heteroatoms. The SMILES string of the molecule is NCC(=O)NCC(=O)N[C@@H]1C[C@H](O)[C@@H](Nc2ncnc3nc[nH]c23)O[C@H]1CO. The fourth-order valence-corrected chi connectivity index (χ4v) is 2.88. The number of aromatic nitrogens is 4. The van der Waals surface area contributed by atoms with Gasteiger partial charge in [0.1, 0.15) is 24.1 Å². The van der Waals surface area contributed by atoms with Gasteiger partial charge in [-0.05, 0) is 0 Å². The van der Waals surface area contributed by atoms with Crippen LogP contribution in [0.1, 0.15) is 6.42 Å². The van der Waals surface area contributed by atoms with Crippen molar-refractivity contribution in [1.82, 2.24) is 30.6 Å². The molecular weight excluding hydrogens is 372 g/mol. The number of hydrogen-bond acceptors (Lipinski definition) is 10. The molecule has 4 atom stereocenters. The minimum atomic E-state index is -1.00. The average Bonchev–Trinajstić information content (AvgIpc) is 3.17. The summed E-state index contributed by atoms with van der Waals surface area (Å²) in [5, 5.41) is 28.0. The lowest BCUT2D eigenvalue weighted by Gasteiger charge is -2.39. The third-order valence-electron chi connectivity index (χ3n) is 4.27. The third kappa shape index (κ3) is 4.51. The number of H-pyrrole nitrogens is 1. The second-order valence-electron chi connectivity index (χ2n) is 6.20. The van der Waals surface area contributed by atoms with Crippen LogP contribution in [-0.2, 0) is 14.3 Å². The lowest BCUT2D eigenvalue weighted by Crippen LogP contribution is -2.58. The minimum Gasteiger partial charge on any atom is -0.394 e. The third-order valence-corrected chi connectivity index (χ3v) is 4.27. The number of anilines is 1. The van der Waals surface area contributed by atoms with Crippen molar-refractivity contribution in [3.63, 3.8) is 0 Å². The van der Waals surface area contributed by atoms with E-state index in [0.29, 0.717) is 17.0 Å². The van der Waals surface area contributed by atoms with Gasteiger partial charge in [0.25, 0.3) is 0 Å². The van der Waals surface area contributed by atoms with Gasteiger partial charge in [0.2, 0.25) is 11.8 Å². The Hall–Kier alpha value is -2.87. The van der Waals surface area contributed by atoms with E-state index in [0.717, 1.165) is 0 Å². The van der Waals surface area contributed by atoms with Gasteiger partial charge >= 0.3 is 0 Å². The monoisotopic (exact) mass is 394 g/mol. The van der Waals surface area contributed by atoms with Gasteiger partial charge in [0.05, 0.1) is 32.1 Å². The van der Waals surface area contributed by atoms with Crippen molar-refractivity contribution in [2.45, 2.75) is 30.9 Å². The molecule has 1 fully saturated rings. The van der Waals surface area contributed by atoms with Crippen molar-refractivity contribution in [3.8, 4) is 0 Å². The maximum absolute atomic E-state index is 12.0. The molecule has 2 aromatic rings. The Bertz CT molecular complexity index is 830. The number of aliphatic hydroxyl groups excluding tert-OH is 2. The molecule has 2 aromatic heterocycles. The minimum absolute atomic E-state index is 0.122. The number of nitrogens with one attached hydrogen (secondary N) is 4. The van der Waals surface area contributed by atoms with Gasteiger partial charge in [0.15, 0.2) is 17.7 Å². The molecule has 0 aromatic carbocycles. The number of nitrogens with zero attached hydrogens (tertiary/aromatic N) is 3. The van der Waals surface area contributed by atoms with Crippen LogP contribution in [0.4, 0.5) is 5.82 Å². The fourth-order valence-electron chi connectivity index (χ4n) is 2.88. The molecule has 8 N–H and O–H groups in total. The number of imidazole rings is 1. The van der Waals surface area contributed by atoms with E-state index in [4.69, 9.17) is 10.5 Å². The molecule has 0 spiro atoms. The first kappa shape index (κ1) is 19.9. The largest absolute Gasteiger partial charge is 0.394 e. The molecule has 0 radical (unpaired) electrons. The number of ether oxygens (including phenoxy) is 1. The number of aliphatic hydroxyl groups is 2. The van der Waals surface area contributed by atoms with E-state index < -0.39 is 36.3 Å². The molecule has 1 aliphatic heterocycles. The number of fused-ring (bicyclic) bond motifs is 1. The van der Waals surface area contributed by atoms with Crippen LogP contribution in [0, 0.1) is 0 Å². The highest BCUT2D eigenvalue weighted by molar-refractivity contribution is 5.85. The first-order chi connectivity index (χ1) is 13.5. The number of nitrogens with two attached hydrogens (primary N) is 1. The number of carbonyl (C=O) groups excluding carboxylic acids is 2. The maximum Gasteiger partial charge on any atom is 0.239 e. The number of hydrogen-bond donors (Lipinski definition) is 7. The highest BCUT2D eigenvalue weighted by Gasteiger charge is 2.38. The van der Waals surface area contributed by atoms with Gasteiger partial charge in [-0.25, -0.2) is 15.0 Å². The quantitative estimate of drug-likeness (QED) is 0.251. The van der Waals surface area contributed by atoms with Crippen molar-refractivity contribution in [3.05, 3.63) is 12.7 Å². The molecule has 152 valence electrons. The van der Waals surface area contributed by atoms with E-state index in [2.05, 4.69) is 35.9 Å². The summed E-state index contributed by atoms with van der Waals surface area (Å²) in [7, 11) is 0. The molecule has 0 bridgehead atoms. The van der Waals surface area contributed by atoms with Gasteiger partial charge in [-0.1, -0.05) is 0 Å². The van der Waals surface area contributed by atoms with Crippen molar-refractivity contribution in [2.24, 2.45) is 5.73 Å². The van der Waals surface area contributed by atoms with Gasteiger partial charge in [-0.15, -0.1) is 0 Å². The summed E-state index contributed by atoms with van der Waals surface area (Å²) in [4.78, 5) is 38.1. The van der Waals surface area contributed by atoms with Crippen molar-refractivity contribution in [1.29, 1.82) is 0 Å². The summed E-state index contributed by atoms with van der Waals surface area (Å²) in [5.41, 5.74) is 6.15. The predicted molar refractivity (Wildman–Crippen MR) is 95.7 cm³/mol. The van der Waals surface area contributed by atoms with Gasteiger partial charge in [-0.2, -0.15) is 0 Å². The summed E-state index contributed by atoms with van der Waals surface area (Å²) in [6.45, 7) is -0.868. The zero-order valence-electron chi connectivity index (χ0n) is 14.8. The van der Waals surface area contributed by atoms with Crippen LogP contribution in [0.3, 0.4) is 0 Å². The maximum atomic E-state index is 12.0. The van der Waals surface area contributed by atoms with Crippen LogP contribution < -0.4 is 21.7 Å². The average molecular weight is 394 g/mol. The van der Waals surface area contributed by atoms with E-state index in [1.807, 2.05) is 0 Å². The molecule has 0 aliphatic carbocycles. The first-order valence-corrected chi connectivity index (χ1v) is 8.63. The molecule has 28 heavy (non-hydrogen) atoms. The highest BCUT2D eigenvalue weighted by Crippen LogP contribution is 2.23. The van der Waals surface area contributed by atoms with Crippen molar-refractivity contribution in [2.75, 3.05) is 25.0 Å². The van der Waals surface area contributed by atoms with Crippen LogP contribution in [0.15, 0.2) is 12.7 Å². The van der Waals surface area contributed by atoms with E-state index >= 15 is 0 Å². The normalized spacial score (nSPS) is 24.7. The summed E-state index contributed by atoms with van der Waals surface area (Å²) in [5.74, 6) is -0.564. The summed E-state index contributed by atoms with van der Waals surface area (Å²) < 4.78 is 5.71. The van der Waals surface area contributed by atoms with Gasteiger partial charge in [0, 0.05) is 6.42 Å². The number of amides is 2. The molecule has 3 heterocycles. The first-order valence-electron chi connectivity index (χ1n) is 8.63. The second kappa shape index (κ2) is 8.88. The second-order valence-corrected chi connectivity index (χ2v) is 6.20. The lowest BCUT2D eigenvalue weighted by atomic mass is 9.99. The number of rotatable bonds is 7. The van der Waals surface area contributed by atoms with E-state index in [1.54, 1.807) is 0 Å². The Kier molecular flexibility index (Phi) is 6.30. The van der Waals surface area contributed by atoms with Crippen molar-refractivity contribution < 1.29 is 24.5 Å². The molecule has 2 amide bonds. The van der Waals surface area contributed by atoms with Crippen LogP contribution in [0.25, 0.3) is 11.2 Å². The Morgan fingerprint density at radius 1 is 1.32 bits per heavy atom. The van der Waals surface area contributed by atoms with E-state index in [1.165, 1.54) is 12.7 Å². The smallest absolute Gasteiger partial charge is 0.239 e. The zero-order chi connectivity index (χ0) is 20.1. The number of aromatic amines is 1. The fraction of sp³-hybridized carbons (Fsp3) is 0.533. The van der Waals surface area contributed by atoms with Gasteiger partial charge < -0.3 is 41.6 Å². The lowest BCUT2D eigenvalue weighted by molar-refractivity contribution is -0.142. The van der Waals surface area contributed by atoms with Crippen LogP contribution in [-0.4, -0.2) is 86.1 Å². The molecule has 0 unspecified atom stereocenters. The molecule has 3 rings (SSSR count). The Labute approximate surface area is 159 Å². The summed E-state index contributed by atoms with van der Waals surface area (Å²) in [6.07, 6.45) is 0.269. The number of carbonyl (C=O) groups is 2. The van der Waals surface area contributed by atoms with Gasteiger partial charge in [-0.3, -0.25) is 9.59 Å². The molecule has 13 nitrogen and oxygen atoms in total. The van der Waals surface area contributed by atoms with Crippen LogP contribution in [0.5, 0.6) is 0 Å². The molecule has 1 aliphatic rings. The Morgan fingerprint density at radius 3 is 2.89 bits per heavy atom. The molecule has 0 saturated carbocycles. The summed E-state index contributed by atoms with van der Waals surface area (Å²) in [6, 6.07) is -0.641. The van der Waals surface area contributed by atoms with Crippen molar-refractivity contribution >= 4 is 28.8 Å².